The van der Waals surface area contributed by atoms with Crippen LogP contribution in [0, 0.1) is 5.92 Å². The first kappa shape index (κ1) is 30.5. The van der Waals surface area contributed by atoms with Gasteiger partial charge in [-0.25, -0.2) is 4.79 Å². The Morgan fingerprint density at radius 3 is 2.68 bits per heavy atom. The normalized spacial score (nSPS) is 16.7. The molecule has 1 aromatic heterocycles. The number of aryl methyl sites for hydroxylation is 1. The monoisotopic (exact) mass is 578 g/mol. The molecule has 41 heavy (non-hydrogen) atoms. The number of nitrogens with zero attached hydrogens (tertiary/aromatic N) is 2. The van der Waals surface area contributed by atoms with Gasteiger partial charge in [0.05, 0.1) is 16.9 Å². The first-order valence-corrected chi connectivity index (χ1v) is 14.6. The largest absolute Gasteiger partial charge is 0.465 e. The number of aliphatic hydroxyl groups is 1. The Labute approximate surface area is 246 Å². The van der Waals surface area contributed by atoms with Crippen LogP contribution in [0.1, 0.15) is 59.8 Å². The number of carbonyl (C=O) groups excluding carboxylic acids is 1. The summed E-state index contributed by atoms with van der Waals surface area (Å²) in [4.78, 5) is 30.8. The van der Waals surface area contributed by atoms with Crippen LogP contribution >= 0.6 is 11.6 Å². The van der Waals surface area contributed by atoms with Crippen molar-refractivity contribution in [1.82, 2.24) is 20.5 Å². The Morgan fingerprint density at radius 2 is 1.98 bits per heavy atom. The molecule has 218 valence electrons. The van der Waals surface area contributed by atoms with Gasteiger partial charge in [-0.2, -0.15) is 0 Å². The van der Waals surface area contributed by atoms with Crippen molar-refractivity contribution in [3.8, 4) is 11.1 Å². The lowest BCUT2D eigenvalue weighted by Crippen LogP contribution is -2.48. The van der Waals surface area contributed by atoms with Gasteiger partial charge in [-0.1, -0.05) is 54.9 Å². The van der Waals surface area contributed by atoms with E-state index in [1.54, 1.807) is 17.2 Å². The molecule has 2 aromatic carbocycles. The van der Waals surface area contributed by atoms with Crippen molar-refractivity contribution in [2.75, 3.05) is 26.7 Å². The van der Waals surface area contributed by atoms with Gasteiger partial charge in [-0.15, -0.1) is 0 Å². The molecule has 2 heterocycles. The molecule has 0 bridgehead atoms. The van der Waals surface area contributed by atoms with Crippen molar-refractivity contribution >= 4 is 23.6 Å². The highest BCUT2D eigenvalue weighted by Crippen LogP contribution is 2.45. The summed E-state index contributed by atoms with van der Waals surface area (Å²) in [5.74, 6) is -0.400. The average molecular weight is 579 g/mol. The van der Waals surface area contributed by atoms with E-state index in [9.17, 15) is 14.7 Å². The molecule has 2 amide bonds. The second-order valence-corrected chi connectivity index (χ2v) is 11.0. The highest BCUT2D eigenvalue weighted by molar-refractivity contribution is 6.33. The molecule has 0 saturated carbocycles. The van der Waals surface area contributed by atoms with Crippen LogP contribution in [0.25, 0.3) is 11.1 Å². The summed E-state index contributed by atoms with van der Waals surface area (Å²) in [7, 11) is 1.85. The molecular weight excluding hydrogens is 540 g/mol. The first-order chi connectivity index (χ1) is 19.8. The lowest BCUT2D eigenvalue weighted by Gasteiger charge is -2.44. The van der Waals surface area contributed by atoms with Crippen molar-refractivity contribution in [1.29, 1.82) is 0 Å². The number of rotatable bonds is 11. The zero-order valence-corrected chi connectivity index (χ0v) is 24.5. The summed E-state index contributed by atoms with van der Waals surface area (Å²) in [5, 5.41) is 27.7. The number of carboxylic acid groups (broad SMARTS) is 1. The van der Waals surface area contributed by atoms with Gasteiger partial charge in [-0.05, 0) is 74.0 Å². The fraction of sp³-hybridized carbons (Fsp3) is 0.406. The van der Waals surface area contributed by atoms with E-state index in [1.165, 1.54) is 0 Å². The predicted molar refractivity (Wildman–Crippen MR) is 161 cm³/mol. The highest BCUT2D eigenvalue weighted by Gasteiger charge is 2.43. The lowest BCUT2D eigenvalue weighted by atomic mass is 9.72. The van der Waals surface area contributed by atoms with E-state index >= 15 is 0 Å². The molecule has 0 radical (unpaired) electrons. The van der Waals surface area contributed by atoms with E-state index in [1.807, 2.05) is 43.4 Å². The Hall–Kier alpha value is -3.46. The van der Waals surface area contributed by atoms with Crippen molar-refractivity contribution in [2.24, 2.45) is 5.92 Å². The standard InChI is InChI=1S/C32H39ClN4O4/c1-3-22-8-4-9-23(18-22)29-27(11-5-12-28(29)33)32(41,15-7-16-35-31(39)40)25-10-6-17-37(21-25)30(38)24-13-14-26(20-34-2)36-19-24/h4-5,8-9,11-14,18-19,25,34-35,41H,3,6-7,10,15-17,20-21H2,1-2H3,(H,39,40)/t25-,32+/m1/s1. The van der Waals surface area contributed by atoms with Crippen molar-refractivity contribution in [3.63, 3.8) is 0 Å². The van der Waals surface area contributed by atoms with Crippen molar-refractivity contribution < 1.29 is 19.8 Å². The number of pyridine rings is 1. The molecule has 1 aliphatic rings. The van der Waals surface area contributed by atoms with Gasteiger partial charge in [-0.3, -0.25) is 9.78 Å². The van der Waals surface area contributed by atoms with E-state index in [2.05, 4.69) is 34.7 Å². The second kappa shape index (κ2) is 13.9. The molecule has 3 aromatic rings. The molecule has 1 fully saturated rings. The van der Waals surface area contributed by atoms with Crippen LogP contribution in [0.5, 0.6) is 0 Å². The number of hydrogen-bond acceptors (Lipinski definition) is 5. The zero-order chi connectivity index (χ0) is 29.4. The molecule has 4 N–H and O–H groups in total. The maximum Gasteiger partial charge on any atom is 0.404 e. The van der Waals surface area contributed by atoms with Gasteiger partial charge < -0.3 is 25.7 Å². The molecule has 0 aliphatic carbocycles. The summed E-state index contributed by atoms with van der Waals surface area (Å²) in [6, 6.07) is 17.4. The Kier molecular flexibility index (Phi) is 10.4. The van der Waals surface area contributed by atoms with E-state index < -0.39 is 11.7 Å². The molecule has 1 saturated heterocycles. The summed E-state index contributed by atoms with van der Waals surface area (Å²) in [6.07, 6.45) is 3.55. The number of benzene rings is 2. The van der Waals surface area contributed by atoms with Gasteiger partial charge in [0.2, 0.25) is 0 Å². The van der Waals surface area contributed by atoms with Gasteiger partial charge >= 0.3 is 6.09 Å². The van der Waals surface area contributed by atoms with E-state index in [4.69, 9.17) is 16.7 Å². The number of amides is 2. The third-order valence-corrected chi connectivity index (χ3v) is 8.24. The quantitative estimate of drug-likeness (QED) is 0.224. The van der Waals surface area contributed by atoms with Crippen LogP contribution < -0.4 is 10.6 Å². The van der Waals surface area contributed by atoms with Crippen LogP contribution in [0.4, 0.5) is 4.79 Å². The highest BCUT2D eigenvalue weighted by atomic mass is 35.5. The fourth-order valence-corrected chi connectivity index (χ4v) is 6.09. The summed E-state index contributed by atoms with van der Waals surface area (Å²) >= 11 is 6.82. The fourth-order valence-electron chi connectivity index (χ4n) is 5.81. The summed E-state index contributed by atoms with van der Waals surface area (Å²) in [5.41, 5.74) is 3.56. The van der Waals surface area contributed by atoms with Gasteiger partial charge in [0.15, 0.2) is 0 Å². The Balaban J connectivity index is 1.69. The van der Waals surface area contributed by atoms with Crippen molar-refractivity contribution in [3.05, 3.63) is 88.2 Å². The van der Waals surface area contributed by atoms with Crippen LogP contribution in [0.15, 0.2) is 60.8 Å². The molecule has 4 rings (SSSR count). The van der Waals surface area contributed by atoms with Crippen molar-refractivity contribution in [2.45, 2.75) is 51.2 Å². The third kappa shape index (κ3) is 7.25. The number of halogens is 1. The minimum absolute atomic E-state index is 0.116. The number of likely N-dealkylation sites (tertiary alicyclic amines) is 1. The Morgan fingerprint density at radius 1 is 1.17 bits per heavy atom. The van der Waals surface area contributed by atoms with Crippen LogP contribution in [0.3, 0.4) is 0 Å². The number of hydrogen-bond donors (Lipinski definition) is 4. The summed E-state index contributed by atoms with van der Waals surface area (Å²) < 4.78 is 0. The minimum Gasteiger partial charge on any atom is -0.465 e. The zero-order valence-electron chi connectivity index (χ0n) is 23.7. The molecule has 9 heteroatoms. The van der Waals surface area contributed by atoms with Crippen LogP contribution in [-0.4, -0.2) is 58.8 Å². The smallest absolute Gasteiger partial charge is 0.404 e. The molecular formula is C32H39ClN4O4. The van der Waals surface area contributed by atoms with E-state index in [-0.39, 0.29) is 18.4 Å². The molecule has 8 nitrogen and oxygen atoms in total. The Bertz CT molecular complexity index is 1350. The minimum atomic E-state index is -1.35. The molecule has 0 unspecified atom stereocenters. The molecule has 1 aliphatic heterocycles. The number of carbonyl (C=O) groups is 2. The lowest BCUT2D eigenvalue weighted by molar-refractivity contribution is -0.0563. The van der Waals surface area contributed by atoms with Gasteiger partial charge in [0.25, 0.3) is 5.91 Å². The van der Waals surface area contributed by atoms with Gasteiger partial charge in [0, 0.05) is 48.9 Å². The number of piperidine rings is 1. The SMILES string of the molecule is CCc1cccc(-c2c(Cl)cccc2[C@](O)(CCCNC(=O)O)[C@@H]2CCCN(C(=O)c3ccc(CNC)nc3)C2)c1. The average Bonchev–Trinajstić information content (AvgIpc) is 2.99. The maximum absolute atomic E-state index is 13.5. The summed E-state index contributed by atoms with van der Waals surface area (Å²) in [6.45, 7) is 3.87. The first-order valence-electron chi connectivity index (χ1n) is 14.2. The topological polar surface area (TPSA) is 115 Å². The number of aromatic nitrogens is 1. The maximum atomic E-state index is 13.5. The third-order valence-electron chi connectivity index (χ3n) is 7.93. The molecule has 0 spiro atoms. The van der Waals surface area contributed by atoms with E-state index in [0.29, 0.717) is 55.0 Å². The molecule has 2 atom stereocenters. The second-order valence-electron chi connectivity index (χ2n) is 10.6. The predicted octanol–water partition coefficient (Wildman–Crippen LogP) is 5.47. The van der Waals surface area contributed by atoms with Crippen LogP contribution in [-0.2, 0) is 18.6 Å². The van der Waals surface area contributed by atoms with E-state index in [0.717, 1.165) is 35.2 Å². The number of nitrogens with one attached hydrogen (secondary N) is 2. The van der Waals surface area contributed by atoms with Crippen LogP contribution in [0.2, 0.25) is 5.02 Å². The van der Waals surface area contributed by atoms with Gasteiger partial charge in [0.1, 0.15) is 0 Å².